The van der Waals surface area contributed by atoms with Gasteiger partial charge in [0.1, 0.15) is 11.4 Å². The lowest BCUT2D eigenvalue weighted by Gasteiger charge is -2.08. The van der Waals surface area contributed by atoms with Gasteiger partial charge in [-0.15, -0.1) is 5.10 Å². The number of benzene rings is 2. The van der Waals surface area contributed by atoms with Crippen molar-refractivity contribution >= 4 is 17.4 Å². The molecule has 0 amide bonds. The van der Waals surface area contributed by atoms with Crippen molar-refractivity contribution in [3.63, 3.8) is 0 Å². The van der Waals surface area contributed by atoms with E-state index < -0.39 is 0 Å². The van der Waals surface area contributed by atoms with Crippen LogP contribution in [0.5, 0.6) is 5.75 Å². The number of nitrogens with two attached hydrogens (primary N) is 1. The van der Waals surface area contributed by atoms with Gasteiger partial charge in [-0.2, -0.15) is 10.3 Å². The molecular formula is C16H15ClN4O. The number of nitrogens with zero attached hydrogens (tertiary/aromatic N) is 2. The molecule has 3 aromatic rings. The van der Waals surface area contributed by atoms with Gasteiger partial charge < -0.3 is 10.5 Å². The lowest BCUT2D eigenvalue weighted by Crippen LogP contribution is -2.01. The molecule has 0 aliphatic rings. The first-order chi connectivity index (χ1) is 10.7. The molecule has 0 fully saturated rings. The van der Waals surface area contributed by atoms with Crippen LogP contribution in [0, 0.1) is 0 Å². The van der Waals surface area contributed by atoms with E-state index >= 15 is 0 Å². The fraction of sp³-hybridized carbons (Fsp3) is 0.125. The molecule has 0 spiro atoms. The molecular weight excluding hydrogens is 300 g/mol. The molecule has 0 bridgehead atoms. The molecule has 0 aliphatic carbocycles. The number of halogens is 1. The Morgan fingerprint density at radius 3 is 2.73 bits per heavy atom. The Kier molecular flexibility index (Phi) is 4.25. The van der Waals surface area contributed by atoms with E-state index in [1.165, 1.54) is 0 Å². The van der Waals surface area contributed by atoms with Crippen molar-refractivity contribution in [1.29, 1.82) is 0 Å². The fourth-order valence-electron chi connectivity index (χ4n) is 2.16. The van der Waals surface area contributed by atoms with Gasteiger partial charge in [0.2, 0.25) is 0 Å². The first-order valence-corrected chi connectivity index (χ1v) is 7.24. The smallest absolute Gasteiger partial charge is 0.173 e. The van der Waals surface area contributed by atoms with E-state index in [9.17, 15) is 0 Å². The molecule has 22 heavy (non-hydrogen) atoms. The van der Waals surface area contributed by atoms with Crippen LogP contribution < -0.4 is 10.5 Å². The first-order valence-electron chi connectivity index (χ1n) is 6.86. The first kappa shape index (κ1) is 14.4. The monoisotopic (exact) mass is 314 g/mol. The number of ether oxygens (including phenoxy) is 1. The van der Waals surface area contributed by atoms with Crippen LogP contribution in [-0.4, -0.2) is 22.0 Å². The molecule has 0 aliphatic heterocycles. The Morgan fingerprint density at radius 1 is 1.09 bits per heavy atom. The summed E-state index contributed by atoms with van der Waals surface area (Å²) in [5.41, 5.74) is 8.39. The van der Waals surface area contributed by atoms with Gasteiger partial charge in [-0.1, -0.05) is 35.9 Å². The highest BCUT2D eigenvalue weighted by molar-refractivity contribution is 6.30. The van der Waals surface area contributed by atoms with Gasteiger partial charge >= 0.3 is 0 Å². The zero-order valence-corrected chi connectivity index (χ0v) is 12.5. The summed E-state index contributed by atoms with van der Waals surface area (Å²) in [5.74, 6) is 1.14. The van der Waals surface area contributed by atoms with E-state index in [0.717, 1.165) is 28.3 Å². The second-order valence-corrected chi connectivity index (χ2v) is 5.25. The Balaban J connectivity index is 1.65. The Labute approximate surface area is 133 Å². The lowest BCUT2D eigenvalue weighted by atomic mass is 10.1. The van der Waals surface area contributed by atoms with Crippen molar-refractivity contribution in [1.82, 2.24) is 15.4 Å². The van der Waals surface area contributed by atoms with Gasteiger partial charge in [0, 0.05) is 17.0 Å². The summed E-state index contributed by atoms with van der Waals surface area (Å²) in [4.78, 5) is 0. The standard InChI is InChI=1S/C16H15ClN4O/c17-13-5-1-3-11(9-13)7-8-22-14-6-2-4-12(10-14)15-16(18)20-21-19-15/h1-6,9-10H,7-8H2,(H3,18,19,20,21). The highest BCUT2D eigenvalue weighted by Crippen LogP contribution is 2.25. The molecule has 5 nitrogen and oxygen atoms in total. The van der Waals surface area contributed by atoms with Crippen molar-refractivity contribution in [2.45, 2.75) is 6.42 Å². The minimum atomic E-state index is 0.371. The van der Waals surface area contributed by atoms with Crippen LogP contribution in [0.1, 0.15) is 5.56 Å². The number of H-pyrrole nitrogens is 1. The van der Waals surface area contributed by atoms with E-state index in [0.29, 0.717) is 18.1 Å². The van der Waals surface area contributed by atoms with Gasteiger partial charge in [0.15, 0.2) is 5.82 Å². The van der Waals surface area contributed by atoms with Crippen LogP contribution in [0.25, 0.3) is 11.3 Å². The van der Waals surface area contributed by atoms with Crippen molar-refractivity contribution in [2.24, 2.45) is 0 Å². The topological polar surface area (TPSA) is 76.8 Å². The summed E-state index contributed by atoms with van der Waals surface area (Å²) >= 11 is 5.96. The quantitative estimate of drug-likeness (QED) is 0.757. The number of hydrogen-bond donors (Lipinski definition) is 2. The molecule has 0 saturated heterocycles. The minimum Gasteiger partial charge on any atom is -0.493 e. The molecule has 1 aromatic heterocycles. The summed E-state index contributed by atoms with van der Waals surface area (Å²) in [6.07, 6.45) is 0.789. The second-order valence-electron chi connectivity index (χ2n) is 4.81. The molecule has 3 N–H and O–H groups in total. The number of rotatable bonds is 5. The third kappa shape index (κ3) is 3.38. The summed E-state index contributed by atoms with van der Waals surface area (Å²) in [6.45, 7) is 0.568. The molecule has 0 saturated carbocycles. The van der Waals surface area contributed by atoms with Gasteiger partial charge in [-0.05, 0) is 29.8 Å². The van der Waals surface area contributed by atoms with Crippen LogP contribution in [-0.2, 0) is 6.42 Å². The van der Waals surface area contributed by atoms with Crippen LogP contribution in [0.2, 0.25) is 5.02 Å². The zero-order chi connectivity index (χ0) is 15.4. The number of aromatic nitrogens is 3. The summed E-state index contributed by atoms with van der Waals surface area (Å²) in [6, 6.07) is 15.4. The van der Waals surface area contributed by atoms with E-state index in [4.69, 9.17) is 22.1 Å². The third-order valence-electron chi connectivity index (χ3n) is 3.23. The van der Waals surface area contributed by atoms with E-state index in [1.54, 1.807) is 0 Å². The van der Waals surface area contributed by atoms with E-state index in [1.807, 2.05) is 48.5 Å². The number of hydrogen-bond acceptors (Lipinski definition) is 4. The van der Waals surface area contributed by atoms with Crippen LogP contribution in [0.3, 0.4) is 0 Å². The Hall–Kier alpha value is -2.53. The molecule has 6 heteroatoms. The Morgan fingerprint density at radius 2 is 1.95 bits per heavy atom. The van der Waals surface area contributed by atoms with Crippen molar-refractivity contribution in [3.05, 3.63) is 59.1 Å². The molecule has 2 aromatic carbocycles. The highest BCUT2D eigenvalue weighted by Gasteiger charge is 2.07. The van der Waals surface area contributed by atoms with E-state index in [2.05, 4.69) is 15.4 Å². The largest absolute Gasteiger partial charge is 0.493 e. The average molecular weight is 315 g/mol. The SMILES string of the molecule is Nc1n[nH]nc1-c1cccc(OCCc2cccc(Cl)c2)c1. The predicted octanol–water partition coefficient (Wildman–Crippen LogP) is 3.33. The summed E-state index contributed by atoms with van der Waals surface area (Å²) in [5, 5.41) is 11.1. The van der Waals surface area contributed by atoms with Gasteiger partial charge in [-0.3, -0.25) is 0 Å². The summed E-state index contributed by atoms with van der Waals surface area (Å²) < 4.78 is 5.79. The lowest BCUT2D eigenvalue weighted by molar-refractivity contribution is 0.322. The van der Waals surface area contributed by atoms with Gasteiger partial charge in [-0.25, -0.2) is 0 Å². The number of nitrogen functional groups attached to an aromatic ring is 1. The highest BCUT2D eigenvalue weighted by atomic mass is 35.5. The molecule has 0 radical (unpaired) electrons. The van der Waals surface area contributed by atoms with Gasteiger partial charge in [0.25, 0.3) is 0 Å². The molecule has 3 rings (SSSR count). The third-order valence-corrected chi connectivity index (χ3v) is 3.47. The van der Waals surface area contributed by atoms with E-state index in [-0.39, 0.29) is 0 Å². The van der Waals surface area contributed by atoms with Crippen LogP contribution in [0.4, 0.5) is 5.82 Å². The van der Waals surface area contributed by atoms with Crippen molar-refractivity contribution < 1.29 is 4.74 Å². The molecule has 0 atom stereocenters. The maximum absolute atomic E-state index is 5.96. The van der Waals surface area contributed by atoms with Crippen molar-refractivity contribution in [2.75, 3.05) is 12.3 Å². The fourth-order valence-corrected chi connectivity index (χ4v) is 2.38. The molecule has 0 unspecified atom stereocenters. The molecule has 112 valence electrons. The molecule has 1 heterocycles. The predicted molar refractivity (Wildman–Crippen MR) is 86.9 cm³/mol. The van der Waals surface area contributed by atoms with Crippen molar-refractivity contribution in [3.8, 4) is 17.0 Å². The van der Waals surface area contributed by atoms with Crippen LogP contribution in [0.15, 0.2) is 48.5 Å². The number of anilines is 1. The second kappa shape index (κ2) is 6.49. The normalized spacial score (nSPS) is 10.6. The minimum absolute atomic E-state index is 0.371. The Bertz CT molecular complexity index is 772. The van der Waals surface area contributed by atoms with Crippen LogP contribution >= 0.6 is 11.6 Å². The number of nitrogens with one attached hydrogen (secondary N) is 1. The maximum Gasteiger partial charge on any atom is 0.173 e. The average Bonchev–Trinajstić information content (AvgIpc) is 2.94. The maximum atomic E-state index is 5.96. The zero-order valence-electron chi connectivity index (χ0n) is 11.8. The number of aromatic amines is 1. The van der Waals surface area contributed by atoms with Gasteiger partial charge in [0.05, 0.1) is 6.61 Å². The summed E-state index contributed by atoms with van der Waals surface area (Å²) in [7, 11) is 0.